The first-order valence-electron chi connectivity index (χ1n) is 6.29. The number of rotatable bonds is 5. The Hall–Kier alpha value is -1.23. The van der Waals surface area contributed by atoms with Gasteiger partial charge in [-0.3, -0.25) is 0 Å². The van der Waals surface area contributed by atoms with E-state index in [0.717, 1.165) is 21.8 Å². The van der Waals surface area contributed by atoms with Crippen LogP contribution in [0.25, 0.3) is 0 Å². The van der Waals surface area contributed by atoms with Crippen molar-refractivity contribution < 1.29 is 9.84 Å². The Morgan fingerprint density at radius 2 is 1.95 bits per heavy atom. The van der Waals surface area contributed by atoms with Crippen LogP contribution < -0.4 is 0 Å². The van der Waals surface area contributed by atoms with Crippen LogP contribution in [0.15, 0.2) is 24.3 Å². The van der Waals surface area contributed by atoms with Crippen molar-refractivity contribution in [2.45, 2.75) is 33.0 Å². The van der Waals surface area contributed by atoms with Crippen LogP contribution in [0.4, 0.5) is 0 Å². The standard InChI is InChI=1S/C15H19NO2S/c1-10-11(2)19-15(16-10)8-14(17)13-6-4-12(5-7-13)9-18-3/h4-7,14,17H,8-9H2,1-3H3. The first-order valence-corrected chi connectivity index (χ1v) is 7.10. The van der Waals surface area contributed by atoms with Gasteiger partial charge in [-0.15, -0.1) is 11.3 Å². The first-order chi connectivity index (χ1) is 9.10. The van der Waals surface area contributed by atoms with Crippen molar-refractivity contribution in [2.75, 3.05) is 7.11 Å². The number of nitrogens with zero attached hydrogens (tertiary/aromatic N) is 1. The number of aryl methyl sites for hydroxylation is 2. The Kier molecular flexibility index (Phi) is 4.69. The van der Waals surface area contributed by atoms with E-state index in [1.807, 2.05) is 31.2 Å². The summed E-state index contributed by atoms with van der Waals surface area (Å²) >= 11 is 1.66. The molecule has 0 spiro atoms. The Balaban J connectivity index is 2.04. The third kappa shape index (κ3) is 3.62. The van der Waals surface area contributed by atoms with E-state index in [0.29, 0.717) is 13.0 Å². The van der Waals surface area contributed by atoms with Crippen molar-refractivity contribution in [1.29, 1.82) is 0 Å². The van der Waals surface area contributed by atoms with E-state index in [2.05, 4.69) is 11.9 Å². The second-order valence-electron chi connectivity index (χ2n) is 4.64. The lowest BCUT2D eigenvalue weighted by Gasteiger charge is -2.10. The van der Waals surface area contributed by atoms with Crippen LogP contribution in [0.1, 0.15) is 32.8 Å². The molecule has 0 saturated carbocycles. The molecule has 0 aliphatic carbocycles. The molecule has 0 amide bonds. The van der Waals surface area contributed by atoms with Crippen molar-refractivity contribution in [1.82, 2.24) is 4.98 Å². The fourth-order valence-corrected chi connectivity index (χ4v) is 2.88. The van der Waals surface area contributed by atoms with Gasteiger partial charge < -0.3 is 9.84 Å². The highest BCUT2D eigenvalue weighted by molar-refractivity contribution is 7.11. The first kappa shape index (κ1) is 14.2. The smallest absolute Gasteiger partial charge is 0.0960 e. The molecular formula is C15H19NO2S. The summed E-state index contributed by atoms with van der Waals surface area (Å²) in [5.74, 6) is 0. The molecule has 0 saturated heterocycles. The molecule has 2 aromatic rings. The predicted octanol–water partition coefficient (Wildman–Crippen LogP) is 3.18. The van der Waals surface area contributed by atoms with Gasteiger partial charge in [0, 0.05) is 18.4 Å². The number of aromatic nitrogens is 1. The molecule has 0 fully saturated rings. The molecule has 0 aliphatic heterocycles. The van der Waals surface area contributed by atoms with Crippen LogP contribution in [0, 0.1) is 13.8 Å². The van der Waals surface area contributed by atoms with Crippen molar-refractivity contribution in [2.24, 2.45) is 0 Å². The summed E-state index contributed by atoms with van der Waals surface area (Å²) < 4.78 is 5.07. The highest BCUT2D eigenvalue weighted by Crippen LogP contribution is 2.23. The van der Waals surface area contributed by atoms with Gasteiger partial charge in [-0.05, 0) is 25.0 Å². The van der Waals surface area contributed by atoms with Gasteiger partial charge in [0.15, 0.2) is 0 Å². The molecule has 1 N–H and O–H groups in total. The van der Waals surface area contributed by atoms with E-state index in [-0.39, 0.29) is 0 Å². The molecule has 1 atom stereocenters. The normalized spacial score (nSPS) is 12.6. The third-order valence-electron chi connectivity index (χ3n) is 3.12. The molecule has 1 heterocycles. The second kappa shape index (κ2) is 6.28. The summed E-state index contributed by atoms with van der Waals surface area (Å²) in [5.41, 5.74) is 3.09. The molecular weight excluding hydrogens is 258 g/mol. The van der Waals surface area contributed by atoms with E-state index >= 15 is 0 Å². The van der Waals surface area contributed by atoms with Gasteiger partial charge in [0.05, 0.1) is 23.4 Å². The van der Waals surface area contributed by atoms with Gasteiger partial charge in [-0.1, -0.05) is 24.3 Å². The zero-order chi connectivity index (χ0) is 13.8. The maximum atomic E-state index is 10.2. The maximum absolute atomic E-state index is 10.2. The minimum Gasteiger partial charge on any atom is -0.388 e. The highest BCUT2D eigenvalue weighted by Gasteiger charge is 2.12. The molecule has 1 aromatic heterocycles. The van der Waals surface area contributed by atoms with Gasteiger partial charge in [0.2, 0.25) is 0 Å². The van der Waals surface area contributed by atoms with Crippen LogP contribution in [-0.2, 0) is 17.8 Å². The van der Waals surface area contributed by atoms with Crippen LogP contribution >= 0.6 is 11.3 Å². The highest BCUT2D eigenvalue weighted by atomic mass is 32.1. The number of hydrogen-bond donors (Lipinski definition) is 1. The summed E-state index contributed by atoms with van der Waals surface area (Å²) in [6.45, 7) is 4.66. The number of methoxy groups -OCH3 is 1. The van der Waals surface area contributed by atoms with Crippen LogP contribution in [-0.4, -0.2) is 17.2 Å². The number of thiazole rings is 1. The Labute approximate surface area is 117 Å². The number of aliphatic hydroxyl groups is 1. The molecule has 1 aromatic carbocycles. The van der Waals surface area contributed by atoms with Crippen molar-refractivity contribution >= 4 is 11.3 Å². The van der Waals surface area contributed by atoms with Crippen molar-refractivity contribution in [3.63, 3.8) is 0 Å². The Morgan fingerprint density at radius 1 is 1.26 bits per heavy atom. The third-order valence-corrected chi connectivity index (χ3v) is 4.21. The van der Waals surface area contributed by atoms with E-state index in [4.69, 9.17) is 4.74 Å². The quantitative estimate of drug-likeness (QED) is 0.912. The van der Waals surface area contributed by atoms with Gasteiger partial charge in [-0.2, -0.15) is 0 Å². The lowest BCUT2D eigenvalue weighted by molar-refractivity contribution is 0.177. The molecule has 1 unspecified atom stereocenters. The van der Waals surface area contributed by atoms with Gasteiger partial charge >= 0.3 is 0 Å². The average molecular weight is 277 g/mol. The lowest BCUT2D eigenvalue weighted by atomic mass is 10.1. The molecule has 0 bridgehead atoms. The number of benzene rings is 1. The summed E-state index contributed by atoms with van der Waals surface area (Å²) in [4.78, 5) is 5.68. The summed E-state index contributed by atoms with van der Waals surface area (Å²) in [7, 11) is 1.68. The number of aliphatic hydroxyl groups excluding tert-OH is 1. The van der Waals surface area contributed by atoms with E-state index < -0.39 is 6.10 Å². The Morgan fingerprint density at radius 3 is 2.47 bits per heavy atom. The van der Waals surface area contributed by atoms with Crippen molar-refractivity contribution in [3.8, 4) is 0 Å². The predicted molar refractivity (Wildman–Crippen MR) is 77.4 cm³/mol. The van der Waals surface area contributed by atoms with Crippen LogP contribution in [0.2, 0.25) is 0 Å². The zero-order valence-corrected chi connectivity index (χ0v) is 12.3. The molecule has 0 radical (unpaired) electrons. The SMILES string of the molecule is COCc1ccc(C(O)Cc2nc(C)c(C)s2)cc1. The largest absolute Gasteiger partial charge is 0.388 e. The summed E-state index contributed by atoms with van der Waals surface area (Å²) in [5, 5.41) is 11.2. The summed E-state index contributed by atoms with van der Waals surface area (Å²) in [6, 6.07) is 7.87. The lowest BCUT2D eigenvalue weighted by Crippen LogP contribution is -2.02. The minimum absolute atomic E-state index is 0.499. The monoisotopic (exact) mass is 277 g/mol. The van der Waals surface area contributed by atoms with E-state index in [1.165, 1.54) is 4.88 Å². The maximum Gasteiger partial charge on any atom is 0.0960 e. The molecule has 4 heteroatoms. The fraction of sp³-hybridized carbons (Fsp3) is 0.400. The van der Waals surface area contributed by atoms with Gasteiger partial charge in [0.25, 0.3) is 0 Å². The minimum atomic E-state index is -0.499. The fourth-order valence-electron chi connectivity index (χ4n) is 1.91. The number of hydrogen-bond acceptors (Lipinski definition) is 4. The van der Waals surface area contributed by atoms with E-state index in [1.54, 1.807) is 18.4 Å². The topological polar surface area (TPSA) is 42.4 Å². The van der Waals surface area contributed by atoms with Crippen molar-refractivity contribution in [3.05, 3.63) is 51.0 Å². The average Bonchev–Trinajstić information content (AvgIpc) is 2.69. The molecule has 0 aliphatic rings. The molecule has 102 valence electrons. The molecule has 3 nitrogen and oxygen atoms in total. The zero-order valence-electron chi connectivity index (χ0n) is 11.5. The molecule has 19 heavy (non-hydrogen) atoms. The van der Waals surface area contributed by atoms with Crippen LogP contribution in [0.3, 0.4) is 0 Å². The van der Waals surface area contributed by atoms with Crippen LogP contribution in [0.5, 0.6) is 0 Å². The summed E-state index contributed by atoms with van der Waals surface area (Å²) in [6.07, 6.45) is 0.0738. The van der Waals surface area contributed by atoms with Gasteiger partial charge in [-0.25, -0.2) is 4.98 Å². The second-order valence-corrected chi connectivity index (χ2v) is 5.93. The van der Waals surface area contributed by atoms with E-state index in [9.17, 15) is 5.11 Å². The Bertz CT molecular complexity index is 514. The van der Waals surface area contributed by atoms with Gasteiger partial charge in [0.1, 0.15) is 0 Å². The number of ether oxygens (including phenoxy) is 1. The molecule has 2 rings (SSSR count).